The Morgan fingerprint density at radius 1 is 1.38 bits per heavy atom. The van der Waals surface area contributed by atoms with E-state index in [1.807, 2.05) is 0 Å². The van der Waals surface area contributed by atoms with E-state index in [2.05, 4.69) is 13.2 Å². The van der Waals surface area contributed by atoms with Gasteiger partial charge in [-0.05, 0) is 12.5 Å². The number of allylic oxidation sites excluding steroid dienone is 1. The van der Waals surface area contributed by atoms with Gasteiger partial charge in [-0.25, -0.2) is 0 Å². The summed E-state index contributed by atoms with van der Waals surface area (Å²) in [6.07, 6.45) is 0. The highest BCUT2D eigenvalue weighted by molar-refractivity contribution is 6.24. The Kier molecular flexibility index (Phi) is 4.07. The summed E-state index contributed by atoms with van der Waals surface area (Å²) in [5, 5.41) is 8.60. The molecule has 4 heteroatoms. The van der Waals surface area contributed by atoms with Crippen molar-refractivity contribution in [3.8, 4) is 0 Å². The van der Waals surface area contributed by atoms with Gasteiger partial charge in [0.05, 0.1) is 5.57 Å². The Hall–Kier alpha value is -1.42. The van der Waals surface area contributed by atoms with Crippen molar-refractivity contribution in [1.82, 2.24) is 4.90 Å². The minimum Gasteiger partial charge on any atom is -0.376 e. The zero-order valence-corrected chi connectivity index (χ0v) is 7.83. The summed E-state index contributed by atoms with van der Waals surface area (Å²) in [4.78, 5) is 23.4. The van der Waals surface area contributed by atoms with Crippen molar-refractivity contribution >= 4 is 11.7 Å². The second-order valence-electron chi connectivity index (χ2n) is 2.73. The molecule has 0 saturated carbocycles. The molecule has 1 amide bonds. The Balaban J connectivity index is 4.53. The maximum absolute atomic E-state index is 11.2. The first-order valence-corrected chi connectivity index (χ1v) is 3.67. The van der Waals surface area contributed by atoms with Crippen LogP contribution in [0.5, 0.6) is 0 Å². The predicted octanol–water partition coefficient (Wildman–Crippen LogP) is 0.0960. The highest BCUT2D eigenvalue weighted by atomic mass is 16.3. The lowest BCUT2D eigenvalue weighted by atomic mass is 10.1. The number of aliphatic hydroxyl groups excluding tert-OH is 1. The fourth-order valence-electron chi connectivity index (χ4n) is 0.649. The third-order valence-corrected chi connectivity index (χ3v) is 1.48. The van der Waals surface area contributed by atoms with Crippen molar-refractivity contribution < 1.29 is 14.7 Å². The van der Waals surface area contributed by atoms with E-state index < -0.39 is 18.4 Å². The van der Waals surface area contributed by atoms with Gasteiger partial charge in [-0.15, -0.1) is 0 Å². The van der Waals surface area contributed by atoms with Crippen molar-refractivity contribution in [3.05, 3.63) is 24.3 Å². The van der Waals surface area contributed by atoms with Crippen LogP contribution in [-0.2, 0) is 9.59 Å². The van der Waals surface area contributed by atoms with Crippen LogP contribution in [0.15, 0.2) is 24.3 Å². The summed E-state index contributed by atoms with van der Waals surface area (Å²) in [7, 11) is 1.37. The molecule has 0 unspecified atom stereocenters. The predicted molar refractivity (Wildman–Crippen MR) is 48.8 cm³/mol. The van der Waals surface area contributed by atoms with E-state index >= 15 is 0 Å². The van der Waals surface area contributed by atoms with Gasteiger partial charge in [-0.2, -0.15) is 0 Å². The first kappa shape index (κ1) is 11.6. The van der Waals surface area contributed by atoms with Crippen molar-refractivity contribution in [2.75, 3.05) is 13.8 Å². The topological polar surface area (TPSA) is 57.6 Å². The third-order valence-electron chi connectivity index (χ3n) is 1.48. The van der Waals surface area contributed by atoms with Crippen LogP contribution in [0.2, 0.25) is 0 Å². The fraction of sp³-hybridized carbons (Fsp3) is 0.333. The van der Waals surface area contributed by atoms with Crippen LogP contribution in [0.1, 0.15) is 6.92 Å². The zero-order valence-electron chi connectivity index (χ0n) is 7.83. The summed E-state index contributed by atoms with van der Waals surface area (Å²) in [5.41, 5.74) is 0.0775. The SMILES string of the molecule is C=C(C)C(=O)C(=C)C(=O)N(C)CO. The molecule has 0 aromatic carbocycles. The molecule has 0 aromatic rings. The molecule has 0 fully saturated rings. The van der Waals surface area contributed by atoms with E-state index in [0.29, 0.717) is 0 Å². The quantitative estimate of drug-likeness (QED) is 0.291. The maximum Gasteiger partial charge on any atom is 0.258 e. The van der Waals surface area contributed by atoms with E-state index in [0.717, 1.165) is 4.90 Å². The molecule has 0 saturated heterocycles. The molecular formula is C9H13NO3. The molecule has 4 nitrogen and oxygen atoms in total. The molecule has 0 spiro atoms. The van der Waals surface area contributed by atoms with E-state index in [1.54, 1.807) is 0 Å². The van der Waals surface area contributed by atoms with Gasteiger partial charge in [0.15, 0.2) is 5.78 Å². The summed E-state index contributed by atoms with van der Waals surface area (Å²) < 4.78 is 0. The number of nitrogens with zero attached hydrogens (tertiary/aromatic N) is 1. The number of amides is 1. The Morgan fingerprint density at radius 3 is 2.15 bits per heavy atom. The molecule has 72 valence electrons. The van der Waals surface area contributed by atoms with Crippen LogP contribution >= 0.6 is 0 Å². The molecule has 13 heavy (non-hydrogen) atoms. The Morgan fingerprint density at radius 2 is 1.85 bits per heavy atom. The van der Waals surface area contributed by atoms with Gasteiger partial charge in [0.1, 0.15) is 6.73 Å². The highest BCUT2D eigenvalue weighted by Gasteiger charge is 2.18. The van der Waals surface area contributed by atoms with Gasteiger partial charge < -0.3 is 10.0 Å². The van der Waals surface area contributed by atoms with Gasteiger partial charge in [-0.3, -0.25) is 9.59 Å². The number of aliphatic hydroxyl groups is 1. The lowest BCUT2D eigenvalue weighted by molar-refractivity contribution is -0.130. The molecule has 0 aromatic heterocycles. The van der Waals surface area contributed by atoms with Gasteiger partial charge in [-0.1, -0.05) is 13.2 Å². The normalized spacial score (nSPS) is 9.15. The second-order valence-corrected chi connectivity index (χ2v) is 2.73. The van der Waals surface area contributed by atoms with E-state index in [9.17, 15) is 9.59 Å². The van der Waals surface area contributed by atoms with Crippen molar-refractivity contribution in [3.63, 3.8) is 0 Å². The monoisotopic (exact) mass is 183 g/mol. The number of hydrogen-bond acceptors (Lipinski definition) is 3. The van der Waals surface area contributed by atoms with Crippen LogP contribution in [0.3, 0.4) is 0 Å². The van der Waals surface area contributed by atoms with Crippen molar-refractivity contribution in [2.45, 2.75) is 6.92 Å². The van der Waals surface area contributed by atoms with Crippen LogP contribution < -0.4 is 0 Å². The second kappa shape index (κ2) is 4.57. The summed E-state index contributed by atoms with van der Waals surface area (Å²) in [5.74, 6) is -1.07. The zero-order chi connectivity index (χ0) is 10.6. The Bertz CT molecular complexity index is 268. The largest absolute Gasteiger partial charge is 0.376 e. The fourth-order valence-corrected chi connectivity index (χ4v) is 0.649. The van der Waals surface area contributed by atoms with Gasteiger partial charge in [0.25, 0.3) is 5.91 Å². The van der Waals surface area contributed by atoms with Crippen molar-refractivity contribution in [2.24, 2.45) is 0 Å². The molecular weight excluding hydrogens is 170 g/mol. The van der Waals surface area contributed by atoms with Crippen LogP contribution in [0, 0.1) is 0 Å². The summed E-state index contributed by atoms with van der Waals surface area (Å²) in [6, 6.07) is 0. The molecule has 0 bridgehead atoms. The minimum atomic E-state index is -0.587. The van der Waals surface area contributed by atoms with E-state index in [-0.39, 0.29) is 11.1 Å². The van der Waals surface area contributed by atoms with Crippen LogP contribution in [-0.4, -0.2) is 35.5 Å². The summed E-state index contributed by atoms with van der Waals surface area (Å²) >= 11 is 0. The molecule has 0 heterocycles. The standard InChI is InChI=1S/C9H13NO3/c1-6(2)8(12)7(3)9(13)10(4)5-11/h11H,1,3,5H2,2,4H3. The van der Waals surface area contributed by atoms with Gasteiger partial charge >= 0.3 is 0 Å². The first-order valence-electron chi connectivity index (χ1n) is 3.67. The molecule has 0 radical (unpaired) electrons. The number of Topliss-reactive ketones (excluding diaryl/α,β-unsaturated/α-hetero) is 1. The maximum atomic E-state index is 11.2. The highest BCUT2D eigenvalue weighted by Crippen LogP contribution is 2.04. The number of carbonyl (C=O) groups is 2. The van der Waals surface area contributed by atoms with Gasteiger partial charge in [0, 0.05) is 7.05 Å². The lowest BCUT2D eigenvalue weighted by Gasteiger charge is -2.14. The smallest absolute Gasteiger partial charge is 0.258 e. The minimum absolute atomic E-state index is 0.177. The van der Waals surface area contributed by atoms with Crippen LogP contribution in [0.25, 0.3) is 0 Å². The molecule has 0 aliphatic heterocycles. The number of likely N-dealkylation sites (N-methyl/N-ethyl adjacent to an activating group) is 1. The average molecular weight is 183 g/mol. The molecule has 1 N–H and O–H groups in total. The van der Waals surface area contributed by atoms with Gasteiger partial charge in [0.2, 0.25) is 0 Å². The van der Waals surface area contributed by atoms with E-state index in [4.69, 9.17) is 5.11 Å². The number of ketones is 1. The average Bonchev–Trinajstić information content (AvgIpc) is 2.12. The number of hydrogen-bond donors (Lipinski definition) is 1. The first-order chi connectivity index (χ1) is 5.91. The molecule has 0 rings (SSSR count). The van der Waals surface area contributed by atoms with E-state index in [1.165, 1.54) is 14.0 Å². The number of carbonyl (C=O) groups excluding carboxylic acids is 2. The number of rotatable bonds is 4. The summed E-state index contributed by atoms with van der Waals surface area (Å²) in [6.45, 7) is 7.79. The lowest BCUT2D eigenvalue weighted by Crippen LogP contribution is -2.31. The third kappa shape index (κ3) is 2.83. The van der Waals surface area contributed by atoms with Crippen LogP contribution in [0.4, 0.5) is 0 Å². The van der Waals surface area contributed by atoms with Crippen molar-refractivity contribution in [1.29, 1.82) is 0 Å². The molecule has 0 aliphatic rings. The molecule has 0 aliphatic carbocycles. The Labute approximate surface area is 77.2 Å². The molecule has 0 atom stereocenters.